The van der Waals surface area contributed by atoms with Gasteiger partial charge in [-0.2, -0.15) is 5.10 Å². The second-order valence-corrected chi connectivity index (χ2v) is 21.4. The number of halogens is 1. The van der Waals surface area contributed by atoms with Crippen LogP contribution in [0.2, 0.25) is 0 Å². The molecule has 10 rings (SSSR count). The first kappa shape index (κ1) is 50.5. The van der Waals surface area contributed by atoms with Crippen LogP contribution in [0.5, 0.6) is 0 Å². The number of carbonyl (C=O) groups is 5. The summed E-state index contributed by atoms with van der Waals surface area (Å²) in [4.78, 5) is 92.8. The molecule has 1 saturated carbocycles. The van der Waals surface area contributed by atoms with Gasteiger partial charge >= 0.3 is 0 Å². The first-order chi connectivity index (χ1) is 35.5. The number of nitrogens with zero attached hydrogens (tertiary/aromatic N) is 7. The van der Waals surface area contributed by atoms with E-state index in [-0.39, 0.29) is 52.5 Å². The number of aromatic amines is 1. The molecule has 5 saturated heterocycles. The lowest BCUT2D eigenvalue weighted by atomic mass is 9.83. The topological polar surface area (TPSA) is 172 Å². The highest BCUT2D eigenvalue weighted by molar-refractivity contribution is 5.98. The van der Waals surface area contributed by atoms with Crippen molar-refractivity contribution in [1.82, 2.24) is 44.9 Å². The zero-order valence-electron chi connectivity index (χ0n) is 42.0. The van der Waals surface area contributed by atoms with Gasteiger partial charge in [-0.15, -0.1) is 0 Å². The molecule has 4 aromatic rings. The molecular weight excluding hydrogens is 930 g/mol. The summed E-state index contributed by atoms with van der Waals surface area (Å²) in [6, 6.07) is 18.9. The molecule has 1 aliphatic carbocycles. The molecule has 388 valence electrons. The Morgan fingerprint density at radius 3 is 2.18 bits per heavy atom. The van der Waals surface area contributed by atoms with Crippen molar-refractivity contribution in [2.24, 2.45) is 17.8 Å². The Balaban J connectivity index is 0.657. The number of rotatable bonds is 13. The Labute approximate surface area is 426 Å². The van der Waals surface area contributed by atoms with Crippen molar-refractivity contribution in [3.8, 4) is 0 Å². The van der Waals surface area contributed by atoms with Gasteiger partial charge in [-0.05, 0) is 105 Å². The van der Waals surface area contributed by atoms with Crippen molar-refractivity contribution in [2.75, 3.05) is 105 Å². The van der Waals surface area contributed by atoms with E-state index in [9.17, 15) is 28.8 Å². The van der Waals surface area contributed by atoms with E-state index in [2.05, 4.69) is 31.4 Å². The van der Waals surface area contributed by atoms with Crippen molar-refractivity contribution >= 4 is 40.3 Å². The minimum absolute atomic E-state index is 0.0225. The summed E-state index contributed by atoms with van der Waals surface area (Å²) in [5.41, 5.74) is 2.63. The third-order valence-corrected chi connectivity index (χ3v) is 16.6. The minimum Gasteiger partial charge on any atom is -0.380 e. The van der Waals surface area contributed by atoms with Gasteiger partial charge < -0.3 is 29.7 Å². The summed E-state index contributed by atoms with van der Waals surface area (Å²) in [5.74, 6) is -0.283. The third kappa shape index (κ3) is 11.8. The molecule has 0 bridgehead atoms. The monoisotopic (exact) mass is 1000 g/mol. The molecule has 3 aromatic carbocycles. The average Bonchev–Trinajstić information content (AvgIpc) is 3.41. The van der Waals surface area contributed by atoms with Crippen molar-refractivity contribution in [1.29, 1.82) is 0 Å². The van der Waals surface area contributed by atoms with Gasteiger partial charge in [0.25, 0.3) is 17.4 Å². The van der Waals surface area contributed by atoms with Gasteiger partial charge in [-0.3, -0.25) is 38.6 Å². The number of hydrogen-bond acceptors (Lipinski definition) is 10. The summed E-state index contributed by atoms with van der Waals surface area (Å²) >= 11 is 0. The maximum Gasteiger partial charge on any atom is 0.272 e. The molecule has 17 heteroatoms. The Morgan fingerprint density at radius 2 is 1.44 bits per heavy atom. The Hall–Kier alpha value is -6.04. The molecule has 5 aliphatic heterocycles. The molecule has 0 spiro atoms. The van der Waals surface area contributed by atoms with E-state index in [0.717, 1.165) is 103 Å². The number of piperidine rings is 2. The summed E-state index contributed by atoms with van der Waals surface area (Å²) < 4.78 is 20.4. The van der Waals surface area contributed by atoms with Crippen LogP contribution < -0.4 is 10.9 Å². The number of benzene rings is 3. The lowest BCUT2D eigenvalue weighted by molar-refractivity contribution is -0.151. The molecule has 1 aromatic heterocycles. The largest absolute Gasteiger partial charge is 0.380 e. The average molecular weight is 1000 g/mol. The predicted octanol–water partition coefficient (Wildman–Crippen LogP) is 4.52. The first-order valence-electron chi connectivity index (χ1n) is 26.9. The number of piperazine rings is 2. The highest BCUT2D eigenvalue weighted by Gasteiger charge is 2.37. The van der Waals surface area contributed by atoms with Crippen LogP contribution in [0, 0.1) is 23.6 Å². The zero-order valence-corrected chi connectivity index (χ0v) is 42.0. The van der Waals surface area contributed by atoms with Crippen LogP contribution in [0.4, 0.5) is 4.39 Å². The smallest absolute Gasteiger partial charge is 0.272 e. The van der Waals surface area contributed by atoms with E-state index >= 15 is 4.39 Å². The summed E-state index contributed by atoms with van der Waals surface area (Å²) in [6.07, 6.45) is 9.28. The molecule has 73 heavy (non-hydrogen) atoms. The highest BCUT2D eigenvalue weighted by Crippen LogP contribution is 2.31. The Morgan fingerprint density at radius 1 is 0.712 bits per heavy atom. The fourth-order valence-electron chi connectivity index (χ4n) is 12.1. The van der Waals surface area contributed by atoms with Crippen LogP contribution in [-0.4, -0.2) is 180 Å². The molecule has 6 aliphatic rings. The van der Waals surface area contributed by atoms with E-state index in [1.807, 2.05) is 45.0 Å². The number of amides is 5. The first-order valence-corrected chi connectivity index (χ1v) is 26.9. The molecule has 2 atom stereocenters. The molecular formula is C56H70FN9O7. The van der Waals surface area contributed by atoms with Gasteiger partial charge in [-0.1, -0.05) is 55.7 Å². The second kappa shape index (κ2) is 23.0. The van der Waals surface area contributed by atoms with Crippen LogP contribution >= 0.6 is 0 Å². The number of ether oxygens (including phenoxy) is 1. The highest BCUT2D eigenvalue weighted by atomic mass is 19.1. The normalized spacial score (nSPS) is 21.5. The molecule has 6 heterocycles. The maximum atomic E-state index is 15.1. The summed E-state index contributed by atoms with van der Waals surface area (Å²) in [5, 5.41) is 11.2. The van der Waals surface area contributed by atoms with Crippen molar-refractivity contribution in [2.45, 2.75) is 76.2 Å². The quantitative estimate of drug-likeness (QED) is 0.194. The minimum atomic E-state index is -0.606. The lowest BCUT2D eigenvalue weighted by Gasteiger charge is -2.41. The number of fused-ring (bicyclic) bond motifs is 1. The van der Waals surface area contributed by atoms with Gasteiger partial charge in [0.1, 0.15) is 11.9 Å². The summed E-state index contributed by atoms with van der Waals surface area (Å²) in [7, 11) is 0. The number of likely N-dealkylation sites (tertiary alicyclic amines) is 2. The summed E-state index contributed by atoms with van der Waals surface area (Å²) in [6.45, 7) is 9.54. The van der Waals surface area contributed by atoms with Gasteiger partial charge in [0.15, 0.2) is 0 Å². The van der Waals surface area contributed by atoms with Crippen LogP contribution in [0.15, 0.2) is 71.5 Å². The van der Waals surface area contributed by atoms with Gasteiger partial charge in [-0.25, -0.2) is 9.49 Å². The molecule has 0 radical (unpaired) electrons. The lowest BCUT2D eigenvalue weighted by Crippen LogP contribution is -2.57. The SMILES string of the molecule is O=C(N[C@@H](C(=O)N1CCN(CC2CCN(CC(=O)N3CCN(C(=O)c4cc(Cc5n[nH]c(=O)c6ccccc56)ccc4F)CC3)CC2)CC1)C1CCCCC1)c1cccc(C2CCCN(C(=O)C3COC3)C2)c1. The van der Waals surface area contributed by atoms with Crippen molar-refractivity contribution in [3.63, 3.8) is 0 Å². The number of aromatic nitrogens is 2. The van der Waals surface area contributed by atoms with Crippen molar-refractivity contribution < 1.29 is 33.1 Å². The molecule has 1 unspecified atom stereocenters. The van der Waals surface area contributed by atoms with Crippen molar-refractivity contribution in [3.05, 3.63) is 111 Å². The number of hydrogen-bond donors (Lipinski definition) is 2. The molecule has 16 nitrogen and oxygen atoms in total. The molecule has 5 amide bonds. The number of H-pyrrole nitrogens is 1. The number of nitrogens with one attached hydrogen (secondary N) is 2. The van der Waals surface area contributed by atoms with Gasteiger partial charge in [0.05, 0.1) is 42.3 Å². The fourth-order valence-corrected chi connectivity index (χ4v) is 12.1. The van der Waals surface area contributed by atoms with Crippen LogP contribution in [0.1, 0.15) is 101 Å². The van der Waals surface area contributed by atoms with Crippen LogP contribution in [0.3, 0.4) is 0 Å². The van der Waals surface area contributed by atoms with E-state index in [1.165, 1.54) is 6.07 Å². The van der Waals surface area contributed by atoms with Gasteiger partial charge in [0, 0.05) is 95.3 Å². The second-order valence-electron chi connectivity index (χ2n) is 21.4. The Bertz CT molecular complexity index is 2700. The third-order valence-electron chi connectivity index (χ3n) is 16.6. The van der Waals surface area contributed by atoms with E-state index < -0.39 is 17.8 Å². The standard InChI is InChI=1S/C56H70FN9O7/c57-48-16-15-39(31-49-45-13-4-5-14-46(45)53(69)60-59-49)30-47(48)55(71)64-28-26-63(27-29-64)50(67)35-61-20-17-38(18-21-61)33-62-22-24-65(25-23-62)56(72)51(40-8-2-1-3-9-40)58-52(68)42-11-6-10-41(32-42)43-12-7-19-66(34-43)54(70)44-36-73-37-44/h4-6,10-11,13-16,30,32,38,40,43-44,51H,1-3,7-9,12,17-29,31,33-37H2,(H,58,68)(H,60,69)/t43?,51-/m1/s1. The molecule has 6 fully saturated rings. The Kier molecular flexibility index (Phi) is 15.9. The van der Waals surface area contributed by atoms with Crippen LogP contribution in [0.25, 0.3) is 10.8 Å². The van der Waals surface area contributed by atoms with Gasteiger partial charge in [0.2, 0.25) is 17.7 Å². The number of carbonyl (C=O) groups excluding carboxylic acids is 5. The fraction of sp³-hybridized carbons (Fsp3) is 0.554. The maximum absolute atomic E-state index is 15.1. The molecule has 2 N–H and O–H groups in total. The zero-order chi connectivity index (χ0) is 50.4. The van der Waals surface area contributed by atoms with Crippen LogP contribution in [-0.2, 0) is 25.5 Å². The van der Waals surface area contributed by atoms with E-state index in [1.54, 1.807) is 29.2 Å². The van der Waals surface area contributed by atoms with E-state index in [0.29, 0.717) is 106 Å². The van der Waals surface area contributed by atoms with E-state index in [4.69, 9.17) is 4.74 Å². The predicted molar refractivity (Wildman–Crippen MR) is 273 cm³/mol.